The number of halogens is 1. The van der Waals surface area contributed by atoms with Gasteiger partial charge in [0.1, 0.15) is 17.9 Å². The molecule has 7 nitrogen and oxygen atoms in total. The standard InChI is InChI=1S/C18H21BrN2O5/c1-12(22)20-3-5-21(6-4-20)18(23)13-9-15(25-8-7-24-2)14-11-17(19)26-16(14)10-13/h9-11H,3-8H2,1-2H3. The number of fused-ring (bicyclic) bond motifs is 1. The first-order valence-corrected chi connectivity index (χ1v) is 9.18. The Balaban J connectivity index is 1.82. The van der Waals surface area contributed by atoms with Crippen LogP contribution in [0.2, 0.25) is 0 Å². The van der Waals surface area contributed by atoms with Gasteiger partial charge < -0.3 is 23.7 Å². The zero-order valence-corrected chi connectivity index (χ0v) is 16.4. The summed E-state index contributed by atoms with van der Waals surface area (Å²) in [4.78, 5) is 27.8. The van der Waals surface area contributed by atoms with Crippen LogP contribution in [0.5, 0.6) is 5.75 Å². The lowest BCUT2D eigenvalue weighted by Crippen LogP contribution is -2.50. The molecular formula is C18H21BrN2O5. The quantitative estimate of drug-likeness (QED) is 0.689. The number of rotatable bonds is 5. The second-order valence-electron chi connectivity index (χ2n) is 6.08. The fourth-order valence-corrected chi connectivity index (χ4v) is 3.36. The molecule has 2 heterocycles. The minimum absolute atomic E-state index is 0.0350. The number of hydrogen-bond acceptors (Lipinski definition) is 5. The van der Waals surface area contributed by atoms with Crippen LogP contribution in [0.4, 0.5) is 0 Å². The molecule has 2 amide bonds. The monoisotopic (exact) mass is 424 g/mol. The summed E-state index contributed by atoms with van der Waals surface area (Å²) in [7, 11) is 1.61. The maximum Gasteiger partial charge on any atom is 0.254 e. The Morgan fingerprint density at radius 2 is 1.81 bits per heavy atom. The highest BCUT2D eigenvalue weighted by atomic mass is 79.9. The summed E-state index contributed by atoms with van der Waals surface area (Å²) in [6.45, 7) is 4.49. The molecule has 1 saturated heterocycles. The van der Waals surface area contributed by atoms with Crippen LogP contribution in [0.1, 0.15) is 17.3 Å². The Morgan fingerprint density at radius 1 is 1.12 bits per heavy atom. The molecule has 0 bridgehead atoms. The predicted molar refractivity (Wildman–Crippen MR) is 99.4 cm³/mol. The largest absolute Gasteiger partial charge is 0.490 e. The molecule has 0 N–H and O–H groups in total. The van der Waals surface area contributed by atoms with Crippen molar-refractivity contribution in [3.05, 3.63) is 28.4 Å². The molecule has 0 radical (unpaired) electrons. The van der Waals surface area contributed by atoms with Gasteiger partial charge in [-0.15, -0.1) is 0 Å². The van der Waals surface area contributed by atoms with Crippen molar-refractivity contribution in [2.75, 3.05) is 46.5 Å². The fraction of sp³-hybridized carbons (Fsp3) is 0.444. The molecule has 2 aromatic rings. The lowest BCUT2D eigenvalue weighted by molar-refractivity contribution is -0.130. The maximum atomic E-state index is 12.9. The number of piperazine rings is 1. The molecule has 3 rings (SSSR count). The summed E-state index contributed by atoms with van der Waals surface area (Å²) in [6, 6.07) is 5.28. The summed E-state index contributed by atoms with van der Waals surface area (Å²) in [6.07, 6.45) is 0. The fourth-order valence-electron chi connectivity index (χ4n) is 2.96. The van der Waals surface area contributed by atoms with E-state index in [1.165, 1.54) is 0 Å². The highest BCUT2D eigenvalue weighted by Crippen LogP contribution is 2.33. The van der Waals surface area contributed by atoms with Gasteiger partial charge in [0, 0.05) is 51.8 Å². The number of nitrogens with zero attached hydrogens (tertiary/aromatic N) is 2. The normalized spacial score (nSPS) is 14.7. The molecule has 140 valence electrons. The SMILES string of the molecule is COCCOc1cc(C(=O)N2CCN(C(C)=O)CC2)cc2oc(Br)cc12. The zero-order chi connectivity index (χ0) is 18.7. The van der Waals surface area contributed by atoms with Crippen LogP contribution in [-0.2, 0) is 9.53 Å². The Bertz CT molecular complexity index is 811. The molecule has 8 heteroatoms. The molecular weight excluding hydrogens is 404 g/mol. The van der Waals surface area contributed by atoms with E-state index in [1.54, 1.807) is 36.0 Å². The average molecular weight is 425 g/mol. The molecule has 0 unspecified atom stereocenters. The predicted octanol–water partition coefficient (Wildman–Crippen LogP) is 2.52. The van der Waals surface area contributed by atoms with Crippen molar-refractivity contribution >= 4 is 38.7 Å². The van der Waals surface area contributed by atoms with Gasteiger partial charge in [0.15, 0.2) is 4.67 Å². The smallest absolute Gasteiger partial charge is 0.254 e. The lowest BCUT2D eigenvalue weighted by atomic mass is 10.1. The first-order chi connectivity index (χ1) is 12.5. The summed E-state index contributed by atoms with van der Waals surface area (Å²) >= 11 is 3.32. The average Bonchev–Trinajstić information content (AvgIpc) is 3.01. The van der Waals surface area contributed by atoms with E-state index in [2.05, 4.69) is 15.9 Å². The van der Waals surface area contributed by atoms with Crippen LogP contribution in [0, 0.1) is 0 Å². The van der Waals surface area contributed by atoms with E-state index >= 15 is 0 Å². The van der Waals surface area contributed by atoms with Gasteiger partial charge in [-0.2, -0.15) is 0 Å². The van der Waals surface area contributed by atoms with Crippen molar-refractivity contribution in [3.63, 3.8) is 0 Å². The number of hydrogen-bond donors (Lipinski definition) is 0. The van der Waals surface area contributed by atoms with Crippen molar-refractivity contribution < 1.29 is 23.5 Å². The van der Waals surface area contributed by atoms with Crippen molar-refractivity contribution in [1.82, 2.24) is 9.80 Å². The van der Waals surface area contributed by atoms with Gasteiger partial charge >= 0.3 is 0 Å². The maximum absolute atomic E-state index is 12.9. The second-order valence-corrected chi connectivity index (χ2v) is 6.86. The Kier molecular flexibility index (Phi) is 5.83. The summed E-state index contributed by atoms with van der Waals surface area (Å²) in [5.74, 6) is 0.520. The van der Waals surface area contributed by atoms with Crippen molar-refractivity contribution in [3.8, 4) is 5.75 Å². The Hall–Kier alpha value is -2.06. The highest BCUT2D eigenvalue weighted by Gasteiger charge is 2.24. The van der Waals surface area contributed by atoms with E-state index in [9.17, 15) is 9.59 Å². The highest BCUT2D eigenvalue weighted by molar-refractivity contribution is 9.10. The third-order valence-corrected chi connectivity index (χ3v) is 4.76. The van der Waals surface area contributed by atoms with E-state index in [-0.39, 0.29) is 11.8 Å². The van der Waals surface area contributed by atoms with E-state index < -0.39 is 0 Å². The van der Waals surface area contributed by atoms with Crippen LogP contribution >= 0.6 is 15.9 Å². The van der Waals surface area contributed by atoms with Gasteiger partial charge in [-0.25, -0.2) is 0 Å². The third-order valence-electron chi connectivity index (χ3n) is 4.37. The first kappa shape index (κ1) is 18.7. The Morgan fingerprint density at radius 3 is 2.46 bits per heavy atom. The van der Waals surface area contributed by atoms with Gasteiger partial charge in [0.05, 0.1) is 12.0 Å². The first-order valence-electron chi connectivity index (χ1n) is 8.39. The number of methoxy groups -OCH3 is 1. The number of ether oxygens (including phenoxy) is 2. The van der Waals surface area contributed by atoms with E-state index in [4.69, 9.17) is 13.9 Å². The summed E-state index contributed by atoms with van der Waals surface area (Å²) < 4.78 is 17.0. The van der Waals surface area contributed by atoms with E-state index in [0.29, 0.717) is 61.0 Å². The van der Waals surface area contributed by atoms with Crippen LogP contribution in [0.3, 0.4) is 0 Å². The number of carbonyl (C=O) groups is 2. The van der Waals surface area contributed by atoms with Crippen LogP contribution < -0.4 is 4.74 Å². The van der Waals surface area contributed by atoms with Gasteiger partial charge in [-0.1, -0.05) is 0 Å². The summed E-state index contributed by atoms with van der Waals surface area (Å²) in [5.41, 5.74) is 1.08. The second kappa shape index (κ2) is 8.09. The number of furan rings is 1. The molecule has 1 aliphatic rings. The minimum atomic E-state index is -0.0979. The molecule has 0 spiro atoms. The van der Waals surface area contributed by atoms with Crippen LogP contribution in [0.15, 0.2) is 27.3 Å². The van der Waals surface area contributed by atoms with Crippen molar-refractivity contribution in [2.24, 2.45) is 0 Å². The van der Waals surface area contributed by atoms with Gasteiger partial charge in [-0.3, -0.25) is 9.59 Å². The van der Waals surface area contributed by atoms with Crippen molar-refractivity contribution in [1.29, 1.82) is 0 Å². The Labute approximate surface area is 159 Å². The molecule has 0 saturated carbocycles. The van der Waals surface area contributed by atoms with Gasteiger partial charge in [0.2, 0.25) is 5.91 Å². The van der Waals surface area contributed by atoms with Gasteiger partial charge in [-0.05, 0) is 28.1 Å². The molecule has 26 heavy (non-hydrogen) atoms. The topological polar surface area (TPSA) is 72.2 Å². The number of amides is 2. The van der Waals surface area contributed by atoms with Gasteiger partial charge in [0.25, 0.3) is 5.91 Å². The third kappa shape index (κ3) is 4.02. The van der Waals surface area contributed by atoms with Crippen LogP contribution in [0.25, 0.3) is 11.0 Å². The molecule has 1 aliphatic heterocycles. The molecule has 0 aliphatic carbocycles. The molecule has 1 fully saturated rings. The van der Waals surface area contributed by atoms with Crippen LogP contribution in [-0.4, -0.2) is 68.1 Å². The van der Waals surface area contributed by atoms with E-state index in [1.807, 2.05) is 6.07 Å². The number of benzene rings is 1. The molecule has 0 atom stereocenters. The lowest BCUT2D eigenvalue weighted by Gasteiger charge is -2.34. The molecule has 1 aromatic carbocycles. The minimum Gasteiger partial charge on any atom is -0.490 e. The summed E-state index contributed by atoms with van der Waals surface area (Å²) in [5, 5.41) is 0.797. The number of carbonyl (C=O) groups excluding carboxylic acids is 2. The van der Waals surface area contributed by atoms with Crippen molar-refractivity contribution in [2.45, 2.75) is 6.92 Å². The molecule has 1 aromatic heterocycles. The zero-order valence-electron chi connectivity index (χ0n) is 14.8. The van der Waals surface area contributed by atoms with E-state index in [0.717, 1.165) is 5.39 Å².